The smallest absolute Gasteiger partial charge is 0.303 e. The van der Waals surface area contributed by atoms with E-state index in [0.29, 0.717) is 16.3 Å². The van der Waals surface area contributed by atoms with Gasteiger partial charge in [-0.15, -0.1) is 0 Å². The number of amides is 2. The minimum Gasteiger partial charge on any atom is -0.475 e. The number of benzene rings is 1. The number of aliphatic hydroxyl groups is 3. The fourth-order valence-electron chi connectivity index (χ4n) is 2.74. The number of aliphatic hydroxyl groups excluding tert-OH is 3. The number of carbonyl (C=O) groups is 3. The number of ether oxygens (including phenoxy) is 2. The Kier molecular flexibility index (Phi) is 11.0. The molecule has 2 atom stereocenters. The Balaban J connectivity index is 2.63. The van der Waals surface area contributed by atoms with Crippen LogP contribution in [0.15, 0.2) is 4.99 Å². The van der Waals surface area contributed by atoms with Crippen LogP contribution in [0.3, 0.4) is 0 Å². The van der Waals surface area contributed by atoms with E-state index in [1.54, 1.807) is 0 Å². The summed E-state index contributed by atoms with van der Waals surface area (Å²) in [6.45, 7) is 1.62. The summed E-state index contributed by atoms with van der Waals surface area (Å²) in [6, 6.07) is -1.34. The molecule has 1 aromatic carbocycles. The quantitative estimate of drug-likeness (QED) is 0.179. The zero-order chi connectivity index (χ0) is 24.9. The molecule has 1 heterocycles. The van der Waals surface area contributed by atoms with Gasteiger partial charge >= 0.3 is 5.97 Å². The zero-order valence-corrected chi connectivity index (χ0v) is 24.0. The van der Waals surface area contributed by atoms with E-state index in [1.165, 1.54) is 13.8 Å². The van der Waals surface area contributed by atoms with Crippen LogP contribution < -0.4 is 10.6 Å². The highest BCUT2D eigenvalue weighted by molar-refractivity contribution is 14.1. The summed E-state index contributed by atoms with van der Waals surface area (Å²) >= 11 is 5.88. The molecule has 0 saturated heterocycles. The number of aliphatic imine (C=N–C) groups is 1. The fourth-order valence-corrected chi connectivity index (χ4v) is 7.13. The van der Waals surface area contributed by atoms with Gasteiger partial charge in [-0.1, -0.05) is 0 Å². The Hall–Kier alpha value is -0.830. The van der Waals surface area contributed by atoms with Crippen molar-refractivity contribution in [3.63, 3.8) is 0 Å². The Morgan fingerprint density at radius 2 is 1.79 bits per heavy atom. The Bertz CT molecular complexity index is 968. The van der Waals surface area contributed by atoms with E-state index in [-0.39, 0.29) is 30.4 Å². The summed E-state index contributed by atoms with van der Waals surface area (Å²) < 4.78 is 12.0. The molecule has 33 heavy (non-hydrogen) atoms. The molecule has 1 aromatic rings. The van der Waals surface area contributed by atoms with Gasteiger partial charge in [-0.05, 0) is 74.7 Å². The Morgan fingerprint density at radius 1 is 1.15 bits per heavy atom. The third-order valence-corrected chi connectivity index (χ3v) is 7.65. The van der Waals surface area contributed by atoms with Crippen molar-refractivity contribution < 1.29 is 39.2 Å². The number of esters is 1. The van der Waals surface area contributed by atoms with Gasteiger partial charge in [0.2, 0.25) is 5.90 Å². The first-order valence-electron chi connectivity index (χ1n) is 9.58. The minimum atomic E-state index is -1.08. The molecule has 1 unspecified atom stereocenters. The standard InChI is InChI=1S/C19H22I3N3O8/c1-7(33-8(2)29)17(30)25-16-14(21)11(18(31)23-9(3-26)4-27)13(20)12(15(16)22)19-24-10(5-28)6-32-19/h7,9-10,26-28H,3-6H2,1-2H3,(H,23,31)(H,25,30)/t7-,10?/m0/s1. The fraction of sp³-hybridized carbons (Fsp3) is 0.474. The minimum absolute atomic E-state index is 0.161. The lowest BCUT2D eigenvalue weighted by atomic mass is 10.1. The summed E-state index contributed by atoms with van der Waals surface area (Å²) in [7, 11) is 0. The highest BCUT2D eigenvalue weighted by Gasteiger charge is 2.32. The van der Waals surface area contributed by atoms with E-state index < -0.39 is 49.2 Å². The summed E-state index contributed by atoms with van der Waals surface area (Å²) in [4.78, 5) is 41.3. The van der Waals surface area contributed by atoms with Gasteiger partial charge in [0, 0.05) is 10.5 Å². The first-order chi connectivity index (χ1) is 15.5. The van der Waals surface area contributed by atoms with Crippen LogP contribution in [-0.4, -0.2) is 83.6 Å². The second-order valence-electron chi connectivity index (χ2n) is 6.93. The predicted molar refractivity (Wildman–Crippen MR) is 143 cm³/mol. The van der Waals surface area contributed by atoms with Crippen molar-refractivity contribution in [3.05, 3.63) is 21.8 Å². The number of halogens is 3. The zero-order valence-electron chi connectivity index (χ0n) is 17.5. The molecule has 182 valence electrons. The van der Waals surface area contributed by atoms with E-state index in [4.69, 9.17) is 9.47 Å². The van der Waals surface area contributed by atoms with E-state index in [0.717, 1.165) is 0 Å². The monoisotopic (exact) mass is 801 g/mol. The molecule has 1 aliphatic rings. The van der Waals surface area contributed by atoms with Crippen molar-refractivity contribution >= 4 is 97.1 Å². The highest BCUT2D eigenvalue weighted by atomic mass is 127. The highest BCUT2D eigenvalue weighted by Crippen LogP contribution is 2.37. The van der Waals surface area contributed by atoms with Crippen LogP contribution in [0.5, 0.6) is 0 Å². The molecule has 2 rings (SSSR count). The van der Waals surface area contributed by atoms with Gasteiger partial charge in [-0.3, -0.25) is 14.4 Å². The molecule has 0 bridgehead atoms. The maximum atomic E-state index is 13.1. The topological polar surface area (TPSA) is 167 Å². The van der Waals surface area contributed by atoms with Gasteiger partial charge in [0.25, 0.3) is 11.8 Å². The van der Waals surface area contributed by atoms with Crippen molar-refractivity contribution in [1.29, 1.82) is 0 Å². The lowest BCUT2D eigenvalue weighted by Gasteiger charge is -2.22. The van der Waals surface area contributed by atoms with E-state index in [1.807, 2.05) is 67.8 Å². The summed E-state index contributed by atoms with van der Waals surface area (Å²) in [5, 5.41) is 33.4. The second-order valence-corrected chi connectivity index (χ2v) is 10.2. The van der Waals surface area contributed by atoms with E-state index in [2.05, 4.69) is 15.6 Å². The molecule has 14 heteroatoms. The van der Waals surface area contributed by atoms with Gasteiger partial charge in [0.1, 0.15) is 12.6 Å². The summed E-state index contributed by atoms with van der Waals surface area (Å²) in [6.07, 6.45) is -1.08. The SMILES string of the molecule is CC(=O)O[C@@H](C)C(=O)Nc1c(I)c(C(=O)NC(CO)CO)c(I)c(C2=NC(CO)CO2)c1I. The molecular weight excluding hydrogens is 779 g/mol. The first kappa shape index (κ1) is 28.4. The molecule has 11 nitrogen and oxygen atoms in total. The molecule has 0 radical (unpaired) electrons. The van der Waals surface area contributed by atoms with E-state index >= 15 is 0 Å². The van der Waals surface area contributed by atoms with Crippen LogP contribution >= 0.6 is 67.8 Å². The van der Waals surface area contributed by atoms with Crippen LogP contribution in [0.4, 0.5) is 5.69 Å². The number of anilines is 1. The van der Waals surface area contributed by atoms with Gasteiger partial charge in [0.05, 0.1) is 49.8 Å². The van der Waals surface area contributed by atoms with Gasteiger partial charge in [-0.2, -0.15) is 0 Å². The number of carbonyl (C=O) groups excluding carboxylic acids is 3. The molecular formula is C19H22I3N3O8. The van der Waals surface area contributed by atoms with Crippen molar-refractivity contribution in [2.45, 2.75) is 32.0 Å². The van der Waals surface area contributed by atoms with E-state index in [9.17, 15) is 29.7 Å². The van der Waals surface area contributed by atoms with Crippen molar-refractivity contribution in [2.24, 2.45) is 4.99 Å². The predicted octanol–water partition coefficient (Wildman–Crippen LogP) is 0.611. The Labute approximate surface area is 230 Å². The summed E-state index contributed by atoms with van der Waals surface area (Å²) in [5.74, 6) is -1.60. The van der Waals surface area contributed by atoms with Crippen molar-refractivity contribution in [3.8, 4) is 0 Å². The molecule has 0 fully saturated rings. The maximum absolute atomic E-state index is 13.1. The second kappa shape index (κ2) is 12.8. The maximum Gasteiger partial charge on any atom is 0.303 e. The number of hydrogen-bond acceptors (Lipinski definition) is 9. The van der Waals surface area contributed by atoms with Crippen LogP contribution in [-0.2, 0) is 19.1 Å². The first-order valence-corrected chi connectivity index (χ1v) is 12.8. The molecule has 0 aromatic heterocycles. The normalized spacial score (nSPS) is 16.2. The van der Waals surface area contributed by atoms with Crippen LogP contribution in [0.1, 0.15) is 29.8 Å². The van der Waals surface area contributed by atoms with Crippen molar-refractivity contribution in [2.75, 3.05) is 31.7 Å². The number of hydrogen-bond donors (Lipinski definition) is 5. The van der Waals surface area contributed by atoms with Gasteiger partial charge in [-0.25, -0.2) is 4.99 Å². The van der Waals surface area contributed by atoms with Gasteiger partial charge < -0.3 is 35.4 Å². The molecule has 2 amide bonds. The van der Waals surface area contributed by atoms with Crippen LogP contribution in [0.2, 0.25) is 0 Å². The number of rotatable bonds is 9. The molecule has 1 aliphatic heterocycles. The average Bonchev–Trinajstić information content (AvgIpc) is 3.23. The lowest BCUT2D eigenvalue weighted by Crippen LogP contribution is -2.41. The Morgan fingerprint density at radius 3 is 2.30 bits per heavy atom. The largest absolute Gasteiger partial charge is 0.475 e. The third-order valence-electron chi connectivity index (χ3n) is 4.42. The molecule has 0 saturated carbocycles. The molecule has 5 N–H and O–H groups in total. The average molecular weight is 801 g/mol. The third kappa shape index (κ3) is 6.86. The summed E-state index contributed by atoms with van der Waals surface area (Å²) in [5.41, 5.74) is 0.898. The van der Waals surface area contributed by atoms with Crippen LogP contribution in [0.25, 0.3) is 0 Å². The molecule has 0 aliphatic carbocycles. The van der Waals surface area contributed by atoms with Crippen LogP contribution in [0, 0.1) is 10.7 Å². The van der Waals surface area contributed by atoms with Gasteiger partial charge in [0.15, 0.2) is 6.10 Å². The lowest BCUT2D eigenvalue weighted by molar-refractivity contribution is -0.150. The van der Waals surface area contributed by atoms with Crippen molar-refractivity contribution in [1.82, 2.24) is 5.32 Å². The number of nitrogens with zero attached hydrogens (tertiary/aromatic N) is 1. The molecule has 0 spiro atoms. The number of nitrogens with one attached hydrogen (secondary N) is 2.